The van der Waals surface area contributed by atoms with Gasteiger partial charge in [-0.25, -0.2) is 0 Å². The largest absolute Gasteiger partial charge is 0.494 e. The van der Waals surface area contributed by atoms with E-state index in [0.717, 1.165) is 50.3 Å². The van der Waals surface area contributed by atoms with Crippen molar-refractivity contribution >= 4 is 5.91 Å². The van der Waals surface area contributed by atoms with Gasteiger partial charge in [-0.15, -0.1) is 0 Å². The van der Waals surface area contributed by atoms with Gasteiger partial charge in [0.2, 0.25) is 5.91 Å². The van der Waals surface area contributed by atoms with Crippen molar-refractivity contribution in [2.24, 2.45) is 5.92 Å². The Balaban J connectivity index is 1.67. The highest BCUT2D eigenvalue weighted by molar-refractivity contribution is 5.75. The van der Waals surface area contributed by atoms with Gasteiger partial charge in [-0.1, -0.05) is 25.5 Å². The maximum absolute atomic E-state index is 12.0. The van der Waals surface area contributed by atoms with E-state index in [1.165, 1.54) is 12.8 Å². The van der Waals surface area contributed by atoms with Gasteiger partial charge in [0.05, 0.1) is 6.61 Å². The molecular formula is C19H30N2O2. The highest BCUT2D eigenvalue weighted by atomic mass is 16.5. The number of carbonyl (C=O) groups excluding carboxylic acids is 1. The predicted octanol–water partition coefficient (Wildman–Crippen LogP) is 3.26. The molecule has 4 heteroatoms. The summed E-state index contributed by atoms with van der Waals surface area (Å²) in [4.78, 5) is 12.0. The number of benzene rings is 1. The van der Waals surface area contributed by atoms with Crippen LogP contribution in [0.5, 0.6) is 5.75 Å². The molecule has 2 N–H and O–H groups in total. The van der Waals surface area contributed by atoms with Gasteiger partial charge in [0.15, 0.2) is 0 Å². The zero-order chi connectivity index (χ0) is 16.3. The number of ether oxygens (including phenoxy) is 1. The smallest absolute Gasteiger partial charge is 0.220 e. The van der Waals surface area contributed by atoms with Crippen molar-refractivity contribution in [3.8, 4) is 5.75 Å². The van der Waals surface area contributed by atoms with Gasteiger partial charge >= 0.3 is 0 Å². The lowest BCUT2D eigenvalue weighted by Crippen LogP contribution is -2.29. The van der Waals surface area contributed by atoms with Gasteiger partial charge < -0.3 is 15.4 Å². The normalized spacial score (nSPS) is 15.3. The second-order valence-corrected chi connectivity index (χ2v) is 6.36. The number of piperidine rings is 1. The summed E-state index contributed by atoms with van der Waals surface area (Å²) in [6.45, 7) is 5.67. The molecule has 0 unspecified atom stereocenters. The van der Waals surface area contributed by atoms with E-state index >= 15 is 0 Å². The number of carbonyl (C=O) groups is 1. The lowest BCUT2D eigenvalue weighted by atomic mass is 9.93. The highest BCUT2D eigenvalue weighted by Gasteiger charge is 2.14. The molecule has 0 spiro atoms. The molecule has 1 heterocycles. The molecule has 1 aliphatic rings. The van der Waals surface area contributed by atoms with Crippen LogP contribution in [0.3, 0.4) is 0 Å². The molecule has 128 valence electrons. The number of amides is 1. The molecule has 1 aliphatic heterocycles. The first-order valence-corrected chi connectivity index (χ1v) is 8.97. The molecule has 2 rings (SSSR count). The molecule has 1 aromatic rings. The van der Waals surface area contributed by atoms with Crippen LogP contribution in [0.1, 0.15) is 51.0 Å². The summed E-state index contributed by atoms with van der Waals surface area (Å²) in [6.07, 6.45) is 6.24. The van der Waals surface area contributed by atoms with Crippen molar-refractivity contribution in [1.82, 2.24) is 10.6 Å². The van der Waals surface area contributed by atoms with Crippen molar-refractivity contribution in [1.29, 1.82) is 0 Å². The van der Waals surface area contributed by atoms with Crippen molar-refractivity contribution < 1.29 is 9.53 Å². The van der Waals surface area contributed by atoms with Crippen molar-refractivity contribution in [3.63, 3.8) is 0 Å². The molecule has 0 saturated carbocycles. The van der Waals surface area contributed by atoms with E-state index in [1.807, 2.05) is 24.3 Å². The van der Waals surface area contributed by atoms with Crippen LogP contribution in [-0.2, 0) is 11.3 Å². The Morgan fingerprint density at radius 1 is 1.35 bits per heavy atom. The fourth-order valence-electron chi connectivity index (χ4n) is 2.87. The van der Waals surface area contributed by atoms with E-state index in [0.29, 0.717) is 18.9 Å². The quantitative estimate of drug-likeness (QED) is 0.687. The Morgan fingerprint density at radius 3 is 2.96 bits per heavy atom. The van der Waals surface area contributed by atoms with E-state index < -0.39 is 0 Å². The topological polar surface area (TPSA) is 50.4 Å². The molecule has 4 nitrogen and oxygen atoms in total. The Hall–Kier alpha value is -1.55. The van der Waals surface area contributed by atoms with Crippen LogP contribution in [0.4, 0.5) is 0 Å². The maximum atomic E-state index is 12.0. The highest BCUT2D eigenvalue weighted by Crippen LogP contribution is 2.18. The van der Waals surface area contributed by atoms with Gasteiger partial charge in [0, 0.05) is 13.0 Å². The average Bonchev–Trinajstić information content (AvgIpc) is 2.60. The van der Waals surface area contributed by atoms with E-state index in [2.05, 4.69) is 17.6 Å². The second kappa shape index (κ2) is 10.3. The standard InChI is InChI=1S/C19H30N2O2/c1-2-3-13-23-18-6-4-5-17(14-18)15-21-19(22)8-7-16-9-11-20-12-10-16/h4-6,14,16,20H,2-3,7-13,15H2,1H3,(H,21,22). The van der Waals surface area contributed by atoms with Crippen LogP contribution < -0.4 is 15.4 Å². The molecular weight excluding hydrogens is 288 g/mol. The van der Waals surface area contributed by atoms with Crippen LogP contribution in [0.2, 0.25) is 0 Å². The van der Waals surface area contributed by atoms with Gasteiger partial charge in [0.1, 0.15) is 5.75 Å². The Labute approximate surface area is 140 Å². The summed E-state index contributed by atoms with van der Waals surface area (Å²) in [6, 6.07) is 8.00. The predicted molar refractivity (Wildman–Crippen MR) is 93.5 cm³/mol. The first-order valence-electron chi connectivity index (χ1n) is 8.97. The first kappa shape index (κ1) is 17.8. The van der Waals surface area contributed by atoms with E-state index in [1.54, 1.807) is 0 Å². The summed E-state index contributed by atoms with van der Waals surface area (Å²) in [5.74, 6) is 1.75. The molecule has 1 saturated heterocycles. The number of hydrogen-bond acceptors (Lipinski definition) is 3. The van der Waals surface area contributed by atoms with Crippen LogP contribution in [-0.4, -0.2) is 25.6 Å². The van der Waals surface area contributed by atoms with Crippen LogP contribution in [0, 0.1) is 5.92 Å². The molecule has 1 aromatic carbocycles. The van der Waals surface area contributed by atoms with Gasteiger partial charge in [-0.3, -0.25) is 4.79 Å². The van der Waals surface area contributed by atoms with Gasteiger partial charge in [0.25, 0.3) is 0 Å². The maximum Gasteiger partial charge on any atom is 0.220 e. The Bertz CT molecular complexity index is 470. The molecule has 0 aromatic heterocycles. The first-order chi connectivity index (χ1) is 11.3. The summed E-state index contributed by atoms with van der Waals surface area (Å²) >= 11 is 0. The molecule has 1 amide bonds. The Morgan fingerprint density at radius 2 is 2.17 bits per heavy atom. The third-order valence-corrected chi connectivity index (χ3v) is 4.39. The van der Waals surface area contributed by atoms with Gasteiger partial charge in [-0.05, 0) is 62.4 Å². The summed E-state index contributed by atoms with van der Waals surface area (Å²) < 4.78 is 5.70. The average molecular weight is 318 g/mol. The summed E-state index contributed by atoms with van der Waals surface area (Å²) in [5.41, 5.74) is 1.09. The molecule has 1 fully saturated rings. The third kappa shape index (κ3) is 7.04. The number of rotatable bonds is 9. The Kier molecular flexibility index (Phi) is 7.95. The molecule has 0 aliphatic carbocycles. The molecule has 23 heavy (non-hydrogen) atoms. The zero-order valence-corrected chi connectivity index (χ0v) is 14.3. The van der Waals surface area contributed by atoms with Crippen molar-refractivity contribution in [3.05, 3.63) is 29.8 Å². The van der Waals surface area contributed by atoms with Gasteiger partial charge in [-0.2, -0.15) is 0 Å². The molecule has 0 bridgehead atoms. The zero-order valence-electron chi connectivity index (χ0n) is 14.3. The van der Waals surface area contributed by atoms with Crippen LogP contribution >= 0.6 is 0 Å². The lowest BCUT2D eigenvalue weighted by molar-refractivity contribution is -0.121. The van der Waals surface area contributed by atoms with E-state index in [9.17, 15) is 4.79 Å². The van der Waals surface area contributed by atoms with E-state index in [4.69, 9.17) is 4.74 Å². The molecule has 0 radical (unpaired) electrons. The van der Waals surface area contributed by atoms with Crippen molar-refractivity contribution in [2.45, 2.75) is 52.0 Å². The second-order valence-electron chi connectivity index (χ2n) is 6.36. The minimum Gasteiger partial charge on any atom is -0.494 e. The number of nitrogens with one attached hydrogen (secondary N) is 2. The summed E-state index contributed by atoms with van der Waals surface area (Å²) in [5, 5.41) is 6.38. The number of hydrogen-bond donors (Lipinski definition) is 2. The SMILES string of the molecule is CCCCOc1cccc(CNC(=O)CCC2CCNCC2)c1. The fourth-order valence-corrected chi connectivity index (χ4v) is 2.87. The number of unbranched alkanes of at least 4 members (excludes halogenated alkanes) is 1. The monoisotopic (exact) mass is 318 g/mol. The van der Waals surface area contributed by atoms with E-state index in [-0.39, 0.29) is 5.91 Å². The third-order valence-electron chi connectivity index (χ3n) is 4.39. The summed E-state index contributed by atoms with van der Waals surface area (Å²) in [7, 11) is 0. The van der Waals surface area contributed by atoms with Crippen LogP contribution in [0.25, 0.3) is 0 Å². The molecule has 0 atom stereocenters. The van der Waals surface area contributed by atoms with Crippen LogP contribution in [0.15, 0.2) is 24.3 Å². The minimum absolute atomic E-state index is 0.154. The lowest BCUT2D eigenvalue weighted by Gasteiger charge is -2.22. The minimum atomic E-state index is 0.154. The van der Waals surface area contributed by atoms with Crippen molar-refractivity contribution in [2.75, 3.05) is 19.7 Å². The fraction of sp³-hybridized carbons (Fsp3) is 0.632.